The Bertz CT molecular complexity index is 895. The monoisotopic (exact) mass is 403 g/mol. The summed E-state index contributed by atoms with van der Waals surface area (Å²) in [5, 5.41) is 0.605. The molecular formula is C20H18ClNO4S. The third-order valence-electron chi connectivity index (χ3n) is 4.05. The van der Waals surface area contributed by atoms with Gasteiger partial charge in [-0.3, -0.25) is 14.5 Å². The molecule has 0 aromatic heterocycles. The van der Waals surface area contributed by atoms with Crippen molar-refractivity contribution >= 4 is 40.8 Å². The van der Waals surface area contributed by atoms with E-state index < -0.39 is 0 Å². The lowest BCUT2D eigenvalue weighted by Gasteiger charge is -2.14. The van der Waals surface area contributed by atoms with E-state index in [1.54, 1.807) is 24.3 Å². The Balaban J connectivity index is 2.07. The average Bonchev–Trinajstić information content (AvgIpc) is 2.91. The molecule has 27 heavy (non-hydrogen) atoms. The van der Waals surface area contributed by atoms with Gasteiger partial charge in [0.2, 0.25) is 0 Å². The Hall–Kier alpha value is -2.28. The fraction of sp³-hybridized carbons (Fsp3) is 0.200. The predicted octanol–water partition coefficient (Wildman–Crippen LogP) is 3.87. The highest BCUT2D eigenvalue weighted by atomic mass is 35.5. The van der Waals surface area contributed by atoms with Crippen molar-refractivity contribution in [2.75, 3.05) is 27.4 Å². The van der Waals surface area contributed by atoms with E-state index in [2.05, 4.69) is 0 Å². The van der Waals surface area contributed by atoms with Crippen molar-refractivity contribution in [1.29, 1.82) is 0 Å². The molecule has 0 aliphatic carbocycles. The molecule has 3 rings (SSSR count). The van der Waals surface area contributed by atoms with Crippen molar-refractivity contribution in [3.05, 3.63) is 64.0 Å². The number of amides is 2. The molecule has 1 aliphatic rings. The van der Waals surface area contributed by atoms with Gasteiger partial charge in [-0.2, -0.15) is 0 Å². The maximum absolute atomic E-state index is 13.0. The van der Waals surface area contributed by atoms with Crippen LogP contribution in [0.25, 0.3) is 5.57 Å². The van der Waals surface area contributed by atoms with Crippen molar-refractivity contribution in [2.24, 2.45) is 0 Å². The number of ether oxygens (including phenoxy) is 2. The van der Waals surface area contributed by atoms with E-state index in [1.165, 1.54) is 30.9 Å². The number of benzene rings is 2. The van der Waals surface area contributed by atoms with Crippen molar-refractivity contribution in [3.63, 3.8) is 0 Å². The van der Waals surface area contributed by atoms with E-state index in [-0.39, 0.29) is 25.0 Å². The number of thioether (sulfide) groups is 1. The summed E-state index contributed by atoms with van der Waals surface area (Å²) in [4.78, 5) is 28.4. The Morgan fingerprint density at radius 3 is 2.37 bits per heavy atom. The van der Waals surface area contributed by atoms with Gasteiger partial charge in [0, 0.05) is 22.6 Å². The minimum atomic E-state index is -0.349. The van der Waals surface area contributed by atoms with Crippen LogP contribution in [0, 0.1) is 0 Å². The number of halogens is 1. The first-order valence-electron chi connectivity index (χ1n) is 8.23. The van der Waals surface area contributed by atoms with E-state index >= 15 is 0 Å². The number of rotatable bonds is 7. The third kappa shape index (κ3) is 4.03. The van der Waals surface area contributed by atoms with E-state index in [9.17, 15) is 9.59 Å². The minimum absolute atomic E-state index is 0.192. The summed E-state index contributed by atoms with van der Waals surface area (Å²) < 4.78 is 10.4. The second-order valence-electron chi connectivity index (χ2n) is 5.72. The number of imide groups is 1. The van der Waals surface area contributed by atoms with Crippen LogP contribution in [0.4, 0.5) is 0 Å². The molecule has 7 heteroatoms. The largest absolute Gasteiger partial charge is 0.496 e. The normalized spacial score (nSPS) is 14.3. The Morgan fingerprint density at radius 1 is 1.00 bits per heavy atom. The molecular weight excluding hydrogens is 386 g/mol. The van der Waals surface area contributed by atoms with Gasteiger partial charge in [-0.15, -0.1) is 0 Å². The second-order valence-corrected chi connectivity index (χ2v) is 7.24. The van der Waals surface area contributed by atoms with Gasteiger partial charge in [0.05, 0.1) is 30.7 Å². The first kappa shape index (κ1) is 19.5. The van der Waals surface area contributed by atoms with Crippen molar-refractivity contribution < 1.29 is 19.1 Å². The van der Waals surface area contributed by atoms with Gasteiger partial charge in [-0.05, 0) is 30.3 Å². The van der Waals surface area contributed by atoms with Gasteiger partial charge in [0.1, 0.15) is 5.75 Å². The fourth-order valence-electron chi connectivity index (χ4n) is 2.74. The zero-order chi connectivity index (χ0) is 19.4. The van der Waals surface area contributed by atoms with Crippen LogP contribution in [0.1, 0.15) is 5.56 Å². The lowest BCUT2D eigenvalue weighted by Crippen LogP contribution is -2.34. The van der Waals surface area contributed by atoms with Crippen LogP contribution in [0.15, 0.2) is 58.3 Å². The first-order chi connectivity index (χ1) is 13.1. The summed E-state index contributed by atoms with van der Waals surface area (Å²) in [5.41, 5.74) is 0.934. The van der Waals surface area contributed by atoms with Crippen LogP contribution in [-0.4, -0.2) is 44.1 Å². The highest BCUT2D eigenvalue weighted by Gasteiger charge is 2.40. The maximum Gasteiger partial charge on any atom is 0.268 e. The SMILES string of the molecule is COCCN1C(=O)C(Sc2ccc(Cl)cc2)=C(c2ccccc2OC)C1=O. The van der Waals surface area contributed by atoms with E-state index in [4.69, 9.17) is 21.1 Å². The molecule has 0 atom stereocenters. The third-order valence-corrected chi connectivity index (χ3v) is 5.40. The molecule has 0 bridgehead atoms. The van der Waals surface area contributed by atoms with E-state index in [0.29, 0.717) is 26.8 Å². The molecule has 140 valence electrons. The lowest BCUT2D eigenvalue weighted by atomic mass is 10.1. The van der Waals surface area contributed by atoms with Crippen LogP contribution in [0.3, 0.4) is 0 Å². The van der Waals surface area contributed by atoms with E-state index in [1.807, 2.05) is 24.3 Å². The summed E-state index contributed by atoms with van der Waals surface area (Å²) in [6, 6.07) is 14.3. The molecule has 0 unspecified atom stereocenters. The molecule has 0 spiro atoms. The standard InChI is InChI=1S/C20H18ClNO4S/c1-25-12-11-22-19(23)17(15-5-3-4-6-16(15)26-2)18(20(22)24)27-14-9-7-13(21)8-10-14/h3-10H,11-12H2,1-2H3. The molecule has 2 aromatic carbocycles. The number of hydrogen-bond donors (Lipinski definition) is 0. The summed E-state index contributed by atoms with van der Waals surface area (Å²) in [5.74, 6) is -0.146. The highest BCUT2D eigenvalue weighted by Crippen LogP contribution is 2.42. The van der Waals surface area contributed by atoms with E-state index in [0.717, 1.165) is 4.90 Å². The number of hydrogen-bond acceptors (Lipinski definition) is 5. The van der Waals surface area contributed by atoms with Gasteiger partial charge in [-0.1, -0.05) is 41.6 Å². The molecule has 2 aromatic rings. The molecule has 1 heterocycles. The van der Waals surface area contributed by atoms with Crippen molar-refractivity contribution in [3.8, 4) is 5.75 Å². The Kier molecular flexibility index (Phi) is 6.21. The van der Waals surface area contributed by atoms with Crippen LogP contribution < -0.4 is 4.74 Å². The number of carbonyl (C=O) groups excluding carboxylic acids is 2. The quantitative estimate of drug-likeness (QED) is 0.657. The molecule has 1 aliphatic heterocycles. The number of carbonyl (C=O) groups is 2. The van der Waals surface area contributed by atoms with Crippen molar-refractivity contribution in [2.45, 2.75) is 4.90 Å². The van der Waals surface area contributed by atoms with Gasteiger partial charge < -0.3 is 9.47 Å². The second kappa shape index (κ2) is 8.61. The van der Waals surface area contributed by atoms with Crippen LogP contribution in [0.2, 0.25) is 5.02 Å². The van der Waals surface area contributed by atoms with Gasteiger partial charge >= 0.3 is 0 Å². The number of nitrogens with zero attached hydrogens (tertiary/aromatic N) is 1. The van der Waals surface area contributed by atoms with Gasteiger partial charge in [0.15, 0.2) is 0 Å². The summed E-state index contributed by atoms with van der Waals surface area (Å²) in [6.45, 7) is 0.465. The predicted molar refractivity (Wildman–Crippen MR) is 106 cm³/mol. The Morgan fingerprint density at radius 2 is 1.70 bits per heavy atom. The molecule has 0 N–H and O–H groups in total. The van der Waals surface area contributed by atoms with Crippen LogP contribution in [0.5, 0.6) is 5.75 Å². The fourth-order valence-corrected chi connectivity index (χ4v) is 3.87. The molecule has 0 saturated carbocycles. The van der Waals surface area contributed by atoms with Crippen molar-refractivity contribution in [1.82, 2.24) is 4.90 Å². The molecule has 5 nitrogen and oxygen atoms in total. The van der Waals surface area contributed by atoms with Gasteiger partial charge in [-0.25, -0.2) is 0 Å². The smallest absolute Gasteiger partial charge is 0.268 e. The summed E-state index contributed by atoms with van der Waals surface area (Å²) in [6.07, 6.45) is 0. The molecule has 2 amide bonds. The average molecular weight is 404 g/mol. The minimum Gasteiger partial charge on any atom is -0.496 e. The maximum atomic E-state index is 13.0. The van der Waals surface area contributed by atoms with Crippen LogP contribution in [-0.2, 0) is 14.3 Å². The molecule has 0 fully saturated rings. The Labute approximate surface area is 166 Å². The zero-order valence-corrected chi connectivity index (χ0v) is 16.5. The van der Waals surface area contributed by atoms with Gasteiger partial charge in [0.25, 0.3) is 11.8 Å². The zero-order valence-electron chi connectivity index (χ0n) is 14.9. The van der Waals surface area contributed by atoms with Crippen LogP contribution >= 0.6 is 23.4 Å². The first-order valence-corrected chi connectivity index (χ1v) is 9.42. The summed E-state index contributed by atoms with van der Waals surface area (Å²) in [7, 11) is 3.07. The highest BCUT2D eigenvalue weighted by molar-refractivity contribution is 8.04. The number of para-hydroxylation sites is 1. The topological polar surface area (TPSA) is 55.8 Å². The summed E-state index contributed by atoms with van der Waals surface area (Å²) >= 11 is 7.19. The lowest BCUT2D eigenvalue weighted by molar-refractivity contribution is -0.137. The molecule has 0 saturated heterocycles. The molecule has 0 radical (unpaired) electrons. The number of methoxy groups -OCH3 is 2.